The van der Waals surface area contributed by atoms with Gasteiger partial charge in [0.15, 0.2) is 0 Å². The van der Waals surface area contributed by atoms with E-state index in [9.17, 15) is 0 Å². The summed E-state index contributed by atoms with van der Waals surface area (Å²) in [5.41, 5.74) is 5.35. The molecule has 0 spiro atoms. The Morgan fingerprint density at radius 2 is 2.40 bits per heavy atom. The van der Waals surface area contributed by atoms with Crippen molar-refractivity contribution in [2.24, 2.45) is 5.73 Å². The van der Waals surface area contributed by atoms with Gasteiger partial charge in [0.1, 0.15) is 0 Å². The van der Waals surface area contributed by atoms with Gasteiger partial charge in [-0.3, -0.25) is 5.41 Å². The molecule has 0 aromatic rings. The highest BCUT2D eigenvalue weighted by atomic mass is 16.5. The second-order valence-electron chi connectivity index (χ2n) is 4.08. The Labute approximate surface area is 91.6 Å². The van der Waals surface area contributed by atoms with E-state index in [1.807, 2.05) is 0 Å². The summed E-state index contributed by atoms with van der Waals surface area (Å²) in [6.45, 7) is 3.55. The molecule has 2 unspecified atom stereocenters. The maximum atomic E-state index is 7.22. The van der Waals surface area contributed by atoms with Crippen LogP contribution in [0.5, 0.6) is 0 Å². The Kier molecular flexibility index (Phi) is 5.65. The number of rotatable bonds is 6. The number of hydrogen-bond acceptors (Lipinski definition) is 3. The molecule has 1 aliphatic heterocycles. The van der Waals surface area contributed by atoms with Crippen LogP contribution in [0.4, 0.5) is 0 Å². The molecular weight excluding hydrogens is 192 g/mol. The van der Waals surface area contributed by atoms with Gasteiger partial charge in [-0.25, -0.2) is 0 Å². The zero-order chi connectivity index (χ0) is 11.1. The third kappa shape index (κ3) is 5.14. The van der Waals surface area contributed by atoms with Crippen LogP contribution in [0.2, 0.25) is 0 Å². The van der Waals surface area contributed by atoms with Crippen LogP contribution in [0.3, 0.4) is 0 Å². The number of hydrogen-bond donors (Lipinski definition) is 2. The number of nitrogens with one attached hydrogen (secondary N) is 1. The van der Waals surface area contributed by atoms with E-state index >= 15 is 0 Å². The fourth-order valence-corrected chi connectivity index (χ4v) is 1.75. The average Bonchev–Trinajstić information content (AvgIpc) is 2.25. The lowest BCUT2D eigenvalue weighted by Crippen LogP contribution is -2.29. The third-order valence-corrected chi connectivity index (χ3v) is 2.69. The van der Waals surface area contributed by atoms with E-state index in [-0.39, 0.29) is 18.0 Å². The van der Waals surface area contributed by atoms with Crippen molar-refractivity contribution in [3.63, 3.8) is 0 Å². The van der Waals surface area contributed by atoms with Crippen LogP contribution in [-0.4, -0.2) is 31.3 Å². The van der Waals surface area contributed by atoms with Crippen LogP contribution in [0, 0.1) is 5.41 Å². The second-order valence-corrected chi connectivity index (χ2v) is 4.08. The second kappa shape index (κ2) is 6.80. The molecule has 0 saturated carbocycles. The molecule has 1 heterocycles. The molecule has 1 rings (SSSR count). The topological polar surface area (TPSA) is 68.3 Å². The van der Waals surface area contributed by atoms with Gasteiger partial charge in [0.05, 0.1) is 24.7 Å². The van der Waals surface area contributed by atoms with Crippen LogP contribution in [0.15, 0.2) is 0 Å². The molecule has 88 valence electrons. The van der Waals surface area contributed by atoms with Crippen molar-refractivity contribution < 1.29 is 9.47 Å². The molecule has 0 aromatic heterocycles. The lowest BCUT2D eigenvalue weighted by molar-refractivity contribution is -0.0619. The van der Waals surface area contributed by atoms with Crippen LogP contribution < -0.4 is 5.73 Å². The monoisotopic (exact) mass is 214 g/mol. The molecule has 1 saturated heterocycles. The summed E-state index contributed by atoms with van der Waals surface area (Å²) in [7, 11) is 0. The van der Waals surface area contributed by atoms with Gasteiger partial charge in [0.2, 0.25) is 0 Å². The van der Waals surface area contributed by atoms with Crippen molar-refractivity contribution in [1.82, 2.24) is 0 Å². The largest absolute Gasteiger partial charge is 0.388 e. The minimum atomic E-state index is 0.0769. The zero-order valence-corrected chi connectivity index (χ0v) is 9.50. The first kappa shape index (κ1) is 12.5. The first-order chi connectivity index (χ1) is 7.22. The van der Waals surface area contributed by atoms with Gasteiger partial charge in [-0.2, -0.15) is 0 Å². The molecule has 15 heavy (non-hydrogen) atoms. The van der Waals surface area contributed by atoms with Crippen molar-refractivity contribution in [2.75, 3.05) is 13.2 Å². The molecule has 0 bridgehead atoms. The summed E-state index contributed by atoms with van der Waals surface area (Å²) < 4.78 is 11.3. The zero-order valence-electron chi connectivity index (χ0n) is 9.50. The average molecular weight is 214 g/mol. The van der Waals surface area contributed by atoms with Crippen molar-refractivity contribution in [3.05, 3.63) is 0 Å². The van der Waals surface area contributed by atoms with Gasteiger partial charge in [-0.05, 0) is 25.7 Å². The Morgan fingerprint density at radius 1 is 1.60 bits per heavy atom. The minimum absolute atomic E-state index is 0.0769. The molecule has 1 fully saturated rings. The van der Waals surface area contributed by atoms with Gasteiger partial charge < -0.3 is 15.2 Å². The summed E-state index contributed by atoms with van der Waals surface area (Å²) in [6, 6.07) is 0. The first-order valence-corrected chi connectivity index (χ1v) is 5.78. The fraction of sp³-hybridized carbons (Fsp3) is 0.909. The van der Waals surface area contributed by atoms with Gasteiger partial charge in [-0.1, -0.05) is 6.92 Å². The van der Waals surface area contributed by atoms with Crippen molar-refractivity contribution >= 4 is 5.84 Å². The van der Waals surface area contributed by atoms with E-state index in [1.165, 1.54) is 12.8 Å². The quantitative estimate of drug-likeness (QED) is 0.522. The molecule has 4 heteroatoms. The first-order valence-electron chi connectivity index (χ1n) is 5.78. The molecule has 0 aliphatic carbocycles. The third-order valence-electron chi connectivity index (χ3n) is 2.69. The number of ether oxygens (including phenoxy) is 2. The smallest absolute Gasteiger partial charge is 0.0931 e. The highest BCUT2D eigenvalue weighted by Crippen LogP contribution is 2.14. The maximum Gasteiger partial charge on any atom is 0.0931 e. The Morgan fingerprint density at radius 3 is 2.93 bits per heavy atom. The van der Waals surface area contributed by atoms with Gasteiger partial charge in [0.25, 0.3) is 0 Å². The molecule has 2 atom stereocenters. The van der Waals surface area contributed by atoms with E-state index in [4.69, 9.17) is 20.6 Å². The van der Waals surface area contributed by atoms with E-state index < -0.39 is 0 Å². The maximum absolute atomic E-state index is 7.22. The normalized spacial score (nSPS) is 23.7. The number of nitrogens with two attached hydrogens (primary N) is 1. The number of amidine groups is 1. The van der Waals surface area contributed by atoms with Crippen LogP contribution in [0.25, 0.3) is 0 Å². The molecule has 0 aromatic carbocycles. The predicted octanol–water partition coefficient (Wildman–Crippen LogP) is 1.68. The van der Waals surface area contributed by atoms with Crippen molar-refractivity contribution in [2.45, 2.75) is 51.2 Å². The summed E-state index contributed by atoms with van der Waals surface area (Å²) in [5, 5.41) is 7.22. The van der Waals surface area contributed by atoms with Crippen molar-refractivity contribution in [1.29, 1.82) is 5.41 Å². The minimum Gasteiger partial charge on any atom is -0.388 e. The Balaban J connectivity index is 2.17. The van der Waals surface area contributed by atoms with Gasteiger partial charge in [-0.15, -0.1) is 0 Å². The summed E-state index contributed by atoms with van der Waals surface area (Å²) in [4.78, 5) is 0. The van der Waals surface area contributed by atoms with Crippen molar-refractivity contribution in [3.8, 4) is 0 Å². The predicted molar refractivity (Wildman–Crippen MR) is 60.2 cm³/mol. The van der Waals surface area contributed by atoms with Crippen LogP contribution >= 0.6 is 0 Å². The molecule has 3 N–H and O–H groups in total. The molecule has 0 amide bonds. The lowest BCUT2D eigenvalue weighted by atomic mass is 10.1. The SMILES string of the molecule is CCC(CC(=N)N)OCC1CCCCO1. The van der Waals surface area contributed by atoms with E-state index in [1.54, 1.807) is 0 Å². The summed E-state index contributed by atoms with van der Waals surface area (Å²) in [6.07, 6.45) is 5.25. The highest BCUT2D eigenvalue weighted by molar-refractivity contribution is 5.77. The molecule has 1 aliphatic rings. The summed E-state index contributed by atoms with van der Waals surface area (Å²) in [5.74, 6) is 0.200. The van der Waals surface area contributed by atoms with Gasteiger partial charge >= 0.3 is 0 Å². The Hall–Kier alpha value is -0.610. The lowest BCUT2D eigenvalue weighted by Gasteiger charge is -2.24. The van der Waals surface area contributed by atoms with Gasteiger partial charge in [0, 0.05) is 13.0 Å². The standard InChI is InChI=1S/C11H22N2O2/c1-2-9(7-11(12)13)15-8-10-5-3-4-6-14-10/h9-10H,2-8H2,1H3,(H3,12,13). The molecular formula is C11H22N2O2. The Bertz CT molecular complexity index is 191. The van der Waals surface area contributed by atoms with E-state index in [2.05, 4.69) is 6.92 Å². The van der Waals surface area contributed by atoms with E-state index in [0.717, 1.165) is 19.4 Å². The van der Waals surface area contributed by atoms with Crippen LogP contribution in [0.1, 0.15) is 39.0 Å². The van der Waals surface area contributed by atoms with Crippen LogP contribution in [-0.2, 0) is 9.47 Å². The fourth-order valence-electron chi connectivity index (χ4n) is 1.75. The highest BCUT2D eigenvalue weighted by Gasteiger charge is 2.16. The summed E-state index contributed by atoms with van der Waals surface area (Å²) >= 11 is 0. The molecule has 0 radical (unpaired) electrons. The van der Waals surface area contributed by atoms with E-state index in [0.29, 0.717) is 13.0 Å². The molecule has 4 nitrogen and oxygen atoms in total.